The Kier molecular flexibility index (Phi) is 4.66. The molecule has 2 aromatic rings. The largest absolute Gasteiger partial charge is 0.310 e. The van der Waals surface area contributed by atoms with E-state index in [2.05, 4.69) is 31.3 Å². The average Bonchev–Trinajstić information content (AvgIpc) is 2.78. The molecule has 1 N–H and O–H groups in total. The first kappa shape index (κ1) is 14.1. The summed E-state index contributed by atoms with van der Waals surface area (Å²) in [6.07, 6.45) is 2.10. The molecule has 1 unspecified atom stereocenters. The van der Waals surface area contributed by atoms with Crippen molar-refractivity contribution in [2.45, 2.75) is 19.4 Å². The lowest BCUT2D eigenvalue weighted by Crippen LogP contribution is -2.25. The van der Waals surface area contributed by atoms with Crippen LogP contribution in [0.4, 0.5) is 4.39 Å². The van der Waals surface area contributed by atoms with Crippen LogP contribution in [0, 0.1) is 5.82 Å². The molecule has 0 fully saturated rings. The van der Waals surface area contributed by atoms with Crippen molar-refractivity contribution in [2.24, 2.45) is 7.05 Å². The Morgan fingerprint density at radius 2 is 2.26 bits per heavy atom. The Morgan fingerprint density at radius 3 is 2.89 bits per heavy atom. The highest BCUT2D eigenvalue weighted by molar-refractivity contribution is 9.10. The lowest BCUT2D eigenvalue weighted by molar-refractivity contribution is 0.490. The zero-order valence-electron chi connectivity index (χ0n) is 10.9. The SMILES string of the molecule is CCNC(Cc1ncnn1C)c1cccc(Br)c1F. The van der Waals surface area contributed by atoms with Crippen LogP contribution in [0.1, 0.15) is 24.4 Å². The fourth-order valence-electron chi connectivity index (χ4n) is 2.02. The molecule has 0 aliphatic rings. The number of likely N-dealkylation sites (N-methyl/N-ethyl adjacent to an activating group) is 1. The Balaban J connectivity index is 2.29. The van der Waals surface area contributed by atoms with Crippen LogP contribution in [-0.4, -0.2) is 21.3 Å². The Hall–Kier alpha value is -1.27. The summed E-state index contributed by atoms with van der Waals surface area (Å²) < 4.78 is 16.4. The van der Waals surface area contributed by atoms with Gasteiger partial charge in [-0.25, -0.2) is 9.37 Å². The molecule has 1 atom stereocenters. The normalized spacial score (nSPS) is 12.6. The number of benzene rings is 1. The van der Waals surface area contributed by atoms with Gasteiger partial charge in [-0.3, -0.25) is 4.68 Å². The summed E-state index contributed by atoms with van der Waals surface area (Å²) in [4.78, 5) is 4.19. The third-order valence-corrected chi connectivity index (χ3v) is 3.61. The van der Waals surface area contributed by atoms with Crippen LogP contribution >= 0.6 is 15.9 Å². The molecule has 0 saturated carbocycles. The average molecular weight is 327 g/mol. The van der Waals surface area contributed by atoms with Crippen LogP contribution in [0.15, 0.2) is 29.0 Å². The van der Waals surface area contributed by atoms with Gasteiger partial charge in [-0.1, -0.05) is 19.1 Å². The highest BCUT2D eigenvalue weighted by atomic mass is 79.9. The standard InChI is InChI=1S/C13H16BrFN4/c1-3-16-11(7-12-17-8-18-19(12)2)9-5-4-6-10(14)13(9)15/h4-6,8,11,16H,3,7H2,1-2H3. The summed E-state index contributed by atoms with van der Waals surface area (Å²) in [5.41, 5.74) is 0.638. The second-order valence-corrected chi connectivity index (χ2v) is 5.11. The van der Waals surface area contributed by atoms with E-state index in [1.165, 1.54) is 6.33 Å². The lowest BCUT2D eigenvalue weighted by Gasteiger charge is -2.19. The first-order valence-electron chi connectivity index (χ1n) is 6.13. The quantitative estimate of drug-likeness (QED) is 0.918. The summed E-state index contributed by atoms with van der Waals surface area (Å²) in [6, 6.07) is 5.21. The van der Waals surface area contributed by atoms with Gasteiger partial charge in [0.05, 0.1) is 4.47 Å². The van der Waals surface area contributed by atoms with Crippen molar-refractivity contribution in [2.75, 3.05) is 6.54 Å². The van der Waals surface area contributed by atoms with Gasteiger partial charge in [0.2, 0.25) is 0 Å². The van der Waals surface area contributed by atoms with Crippen LogP contribution in [0.3, 0.4) is 0 Å². The van der Waals surface area contributed by atoms with Crippen molar-refractivity contribution < 1.29 is 4.39 Å². The molecule has 1 heterocycles. The van der Waals surface area contributed by atoms with E-state index in [1.54, 1.807) is 16.8 Å². The second-order valence-electron chi connectivity index (χ2n) is 4.26. The summed E-state index contributed by atoms with van der Waals surface area (Å²) in [7, 11) is 1.84. The number of rotatable bonds is 5. The van der Waals surface area contributed by atoms with E-state index >= 15 is 0 Å². The predicted octanol–water partition coefficient (Wildman–Crippen LogP) is 2.61. The van der Waals surface area contributed by atoms with Gasteiger partial charge < -0.3 is 5.32 Å². The molecule has 0 aliphatic heterocycles. The van der Waals surface area contributed by atoms with E-state index in [0.29, 0.717) is 16.5 Å². The van der Waals surface area contributed by atoms with Gasteiger partial charge in [0.25, 0.3) is 0 Å². The van der Waals surface area contributed by atoms with Crippen LogP contribution in [0.25, 0.3) is 0 Å². The summed E-state index contributed by atoms with van der Waals surface area (Å²) in [5, 5.41) is 7.33. The molecular formula is C13H16BrFN4. The molecular weight excluding hydrogens is 311 g/mol. The number of hydrogen-bond donors (Lipinski definition) is 1. The van der Waals surface area contributed by atoms with Crippen molar-refractivity contribution in [3.63, 3.8) is 0 Å². The van der Waals surface area contributed by atoms with Gasteiger partial charge in [-0.2, -0.15) is 5.10 Å². The number of nitrogens with one attached hydrogen (secondary N) is 1. The molecule has 0 saturated heterocycles. The highest BCUT2D eigenvalue weighted by Crippen LogP contribution is 2.25. The van der Waals surface area contributed by atoms with E-state index in [-0.39, 0.29) is 11.9 Å². The van der Waals surface area contributed by atoms with Gasteiger partial charge >= 0.3 is 0 Å². The van der Waals surface area contributed by atoms with Gasteiger partial charge in [0.1, 0.15) is 18.0 Å². The Bertz CT molecular complexity index is 555. The zero-order chi connectivity index (χ0) is 13.8. The molecule has 0 spiro atoms. The van der Waals surface area contributed by atoms with Gasteiger partial charge in [-0.15, -0.1) is 0 Å². The first-order chi connectivity index (χ1) is 9.13. The minimum Gasteiger partial charge on any atom is -0.310 e. The molecule has 0 aliphatic carbocycles. The lowest BCUT2D eigenvalue weighted by atomic mass is 10.0. The molecule has 1 aromatic carbocycles. The molecule has 102 valence electrons. The number of hydrogen-bond acceptors (Lipinski definition) is 3. The minimum absolute atomic E-state index is 0.120. The molecule has 0 radical (unpaired) electrons. The fraction of sp³-hybridized carbons (Fsp3) is 0.385. The van der Waals surface area contributed by atoms with Crippen LogP contribution in [0.2, 0.25) is 0 Å². The molecule has 6 heteroatoms. The van der Waals surface area contributed by atoms with E-state index in [4.69, 9.17) is 0 Å². The maximum absolute atomic E-state index is 14.2. The number of nitrogens with zero attached hydrogens (tertiary/aromatic N) is 3. The van der Waals surface area contributed by atoms with E-state index in [1.807, 2.05) is 20.0 Å². The number of halogens is 2. The zero-order valence-corrected chi connectivity index (χ0v) is 12.5. The third kappa shape index (κ3) is 3.19. The first-order valence-corrected chi connectivity index (χ1v) is 6.93. The van der Waals surface area contributed by atoms with E-state index < -0.39 is 0 Å². The second kappa shape index (κ2) is 6.25. The topological polar surface area (TPSA) is 42.7 Å². The van der Waals surface area contributed by atoms with Gasteiger partial charge in [0, 0.05) is 25.1 Å². The number of aromatic nitrogens is 3. The summed E-state index contributed by atoms with van der Waals surface area (Å²) in [6.45, 7) is 2.76. The predicted molar refractivity (Wildman–Crippen MR) is 75.2 cm³/mol. The third-order valence-electron chi connectivity index (χ3n) is 3.00. The number of aryl methyl sites for hydroxylation is 1. The van der Waals surface area contributed by atoms with Gasteiger partial charge in [0.15, 0.2) is 0 Å². The summed E-state index contributed by atoms with van der Waals surface area (Å²) in [5.74, 6) is 0.598. The van der Waals surface area contributed by atoms with Crippen LogP contribution in [0.5, 0.6) is 0 Å². The van der Waals surface area contributed by atoms with E-state index in [9.17, 15) is 4.39 Å². The van der Waals surface area contributed by atoms with E-state index in [0.717, 1.165) is 12.4 Å². The molecule has 0 amide bonds. The highest BCUT2D eigenvalue weighted by Gasteiger charge is 2.18. The fourth-order valence-corrected chi connectivity index (χ4v) is 2.40. The van der Waals surface area contributed by atoms with Crippen molar-refractivity contribution >= 4 is 15.9 Å². The molecule has 2 rings (SSSR count). The summed E-state index contributed by atoms with van der Waals surface area (Å²) >= 11 is 3.22. The monoisotopic (exact) mass is 326 g/mol. The Labute approximate surface area is 120 Å². The van der Waals surface area contributed by atoms with Crippen molar-refractivity contribution in [1.82, 2.24) is 20.1 Å². The van der Waals surface area contributed by atoms with Gasteiger partial charge in [-0.05, 0) is 28.5 Å². The maximum atomic E-state index is 14.2. The molecule has 19 heavy (non-hydrogen) atoms. The van der Waals surface area contributed by atoms with Crippen molar-refractivity contribution in [1.29, 1.82) is 0 Å². The minimum atomic E-state index is -0.226. The molecule has 4 nitrogen and oxygen atoms in total. The van der Waals surface area contributed by atoms with Crippen LogP contribution in [-0.2, 0) is 13.5 Å². The molecule has 0 bridgehead atoms. The van der Waals surface area contributed by atoms with Crippen LogP contribution < -0.4 is 5.32 Å². The Morgan fingerprint density at radius 1 is 1.47 bits per heavy atom. The molecule has 1 aromatic heterocycles. The van der Waals surface area contributed by atoms with Crippen molar-refractivity contribution in [3.05, 3.63) is 46.2 Å². The smallest absolute Gasteiger partial charge is 0.142 e. The van der Waals surface area contributed by atoms with Crippen molar-refractivity contribution in [3.8, 4) is 0 Å². The maximum Gasteiger partial charge on any atom is 0.142 e.